The molecule has 0 fully saturated rings. The average molecular weight is 402 g/mol. The summed E-state index contributed by atoms with van der Waals surface area (Å²) < 4.78 is 5.12. The number of esters is 1. The van der Waals surface area contributed by atoms with Gasteiger partial charge in [-0.1, -0.05) is 49.4 Å². The second-order valence-corrected chi connectivity index (χ2v) is 7.05. The van der Waals surface area contributed by atoms with Crippen LogP contribution in [0.4, 0.5) is 0 Å². The average Bonchev–Trinajstić information content (AvgIpc) is 3.23. The van der Waals surface area contributed by atoms with E-state index < -0.39 is 0 Å². The van der Waals surface area contributed by atoms with Crippen LogP contribution in [-0.2, 0) is 17.8 Å². The molecule has 0 saturated heterocycles. The first kappa shape index (κ1) is 21.3. The summed E-state index contributed by atoms with van der Waals surface area (Å²) in [6.45, 7) is 6.48. The van der Waals surface area contributed by atoms with Gasteiger partial charge in [0.05, 0.1) is 30.1 Å². The fourth-order valence-corrected chi connectivity index (χ4v) is 3.45. The number of nitrogens with one attached hydrogen (secondary N) is 1. The first-order valence-electron chi connectivity index (χ1n) is 10.2. The van der Waals surface area contributed by atoms with Crippen LogP contribution in [0.2, 0.25) is 0 Å². The van der Waals surface area contributed by atoms with Crippen molar-refractivity contribution in [1.82, 2.24) is 15.1 Å². The molecule has 0 radical (unpaired) electrons. The van der Waals surface area contributed by atoms with Crippen LogP contribution < -0.4 is 0 Å². The Morgan fingerprint density at radius 1 is 1.13 bits per heavy atom. The first-order chi connectivity index (χ1) is 14.7. The van der Waals surface area contributed by atoms with Gasteiger partial charge in [-0.2, -0.15) is 10.4 Å². The second-order valence-electron chi connectivity index (χ2n) is 7.05. The van der Waals surface area contributed by atoms with E-state index >= 15 is 0 Å². The first-order valence-corrected chi connectivity index (χ1v) is 10.2. The van der Waals surface area contributed by atoms with Gasteiger partial charge < -0.3 is 4.74 Å². The molecule has 6 nitrogen and oxygen atoms in total. The van der Waals surface area contributed by atoms with Crippen LogP contribution in [0.15, 0.2) is 54.7 Å². The van der Waals surface area contributed by atoms with Crippen molar-refractivity contribution in [2.24, 2.45) is 0 Å². The molecule has 0 saturated carbocycles. The summed E-state index contributed by atoms with van der Waals surface area (Å²) in [5, 5.41) is 16.3. The number of benzene rings is 2. The Balaban J connectivity index is 1.74. The number of nitriles is 1. The molecule has 0 unspecified atom stereocenters. The molecule has 154 valence electrons. The molecule has 0 bridgehead atoms. The predicted octanol–water partition coefficient (Wildman–Crippen LogP) is 4.54. The van der Waals surface area contributed by atoms with Gasteiger partial charge in [-0.05, 0) is 42.6 Å². The van der Waals surface area contributed by atoms with Gasteiger partial charge in [0.2, 0.25) is 0 Å². The molecular formula is C24H26N4O2. The SMILES string of the molecule is CCCN(Cc1ccc(-c2ccccc2C#N)cc1)Cc1[nH]ncc1C(=O)OCC. The van der Waals surface area contributed by atoms with Crippen LogP contribution in [0.25, 0.3) is 11.1 Å². The Morgan fingerprint density at radius 3 is 2.60 bits per heavy atom. The number of nitrogens with zero attached hydrogens (tertiary/aromatic N) is 3. The molecule has 0 aliphatic rings. The van der Waals surface area contributed by atoms with Crippen molar-refractivity contribution >= 4 is 5.97 Å². The van der Waals surface area contributed by atoms with Crippen molar-refractivity contribution in [1.29, 1.82) is 5.26 Å². The lowest BCUT2D eigenvalue weighted by Gasteiger charge is -2.21. The molecule has 0 atom stereocenters. The van der Waals surface area contributed by atoms with Crippen LogP contribution >= 0.6 is 0 Å². The molecule has 0 spiro atoms. The molecule has 0 aliphatic heterocycles. The highest BCUT2D eigenvalue weighted by molar-refractivity contribution is 5.90. The van der Waals surface area contributed by atoms with Gasteiger partial charge in [0.15, 0.2) is 0 Å². The third-order valence-corrected chi connectivity index (χ3v) is 4.85. The summed E-state index contributed by atoms with van der Waals surface area (Å²) in [6, 6.07) is 18.1. The zero-order valence-electron chi connectivity index (χ0n) is 17.4. The summed E-state index contributed by atoms with van der Waals surface area (Å²) >= 11 is 0. The number of carbonyl (C=O) groups is 1. The maximum atomic E-state index is 12.1. The van der Waals surface area contributed by atoms with Gasteiger partial charge >= 0.3 is 5.97 Å². The summed E-state index contributed by atoms with van der Waals surface area (Å²) in [5.74, 6) is -0.349. The largest absolute Gasteiger partial charge is 0.462 e. The number of H-pyrrole nitrogens is 1. The van der Waals surface area contributed by atoms with Crippen molar-refractivity contribution in [3.63, 3.8) is 0 Å². The van der Waals surface area contributed by atoms with E-state index in [1.54, 1.807) is 6.92 Å². The van der Waals surface area contributed by atoms with E-state index in [1.807, 2.05) is 24.3 Å². The normalized spacial score (nSPS) is 10.7. The van der Waals surface area contributed by atoms with E-state index in [9.17, 15) is 10.1 Å². The molecule has 0 aliphatic carbocycles. The van der Waals surface area contributed by atoms with Crippen LogP contribution in [-0.4, -0.2) is 34.2 Å². The highest BCUT2D eigenvalue weighted by atomic mass is 16.5. The molecule has 1 heterocycles. The molecule has 1 N–H and O–H groups in total. The van der Waals surface area contributed by atoms with E-state index in [2.05, 4.69) is 52.4 Å². The summed E-state index contributed by atoms with van der Waals surface area (Å²) in [4.78, 5) is 14.4. The Bertz CT molecular complexity index is 1020. The van der Waals surface area contributed by atoms with Gasteiger partial charge in [0.25, 0.3) is 0 Å². The standard InChI is InChI=1S/C24H26N4O2/c1-3-13-28(17-23-22(15-26-27-23)24(29)30-4-2)16-18-9-11-19(12-10-18)21-8-6-5-7-20(21)14-25/h5-12,15H,3-4,13,16-17H2,1-2H3,(H,26,27). The van der Waals surface area contributed by atoms with Crippen molar-refractivity contribution in [2.45, 2.75) is 33.4 Å². The Morgan fingerprint density at radius 2 is 1.90 bits per heavy atom. The Kier molecular flexibility index (Phi) is 7.36. The van der Waals surface area contributed by atoms with Gasteiger partial charge in [0.1, 0.15) is 5.56 Å². The lowest BCUT2D eigenvalue weighted by Crippen LogP contribution is -2.25. The monoisotopic (exact) mass is 402 g/mol. The van der Waals surface area contributed by atoms with Gasteiger partial charge in [-0.25, -0.2) is 4.79 Å². The summed E-state index contributed by atoms with van der Waals surface area (Å²) in [6.07, 6.45) is 2.52. The molecule has 1 aromatic heterocycles. The van der Waals surface area contributed by atoms with Gasteiger partial charge in [-0.15, -0.1) is 0 Å². The second kappa shape index (κ2) is 10.4. The van der Waals surface area contributed by atoms with E-state index in [4.69, 9.17) is 4.74 Å². The number of rotatable bonds is 9. The maximum absolute atomic E-state index is 12.1. The molecule has 30 heavy (non-hydrogen) atoms. The minimum absolute atomic E-state index is 0.337. The number of carbonyl (C=O) groups excluding carboxylic acids is 1. The summed E-state index contributed by atoms with van der Waals surface area (Å²) in [7, 11) is 0. The molecule has 0 amide bonds. The van der Waals surface area contributed by atoms with E-state index in [-0.39, 0.29) is 5.97 Å². The minimum atomic E-state index is -0.349. The zero-order valence-corrected chi connectivity index (χ0v) is 17.4. The number of aromatic amines is 1. The van der Waals surface area contributed by atoms with Crippen LogP contribution in [0, 0.1) is 11.3 Å². The van der Waals surface area contributed by atoms with E-state index in [1.165, 1.54) is 11.8 Å². The van der Waals surface area contributed by atoms with E-state index in [0.29, 0.717) is 24.3 Å². The number of hydrogen-bond donors (Lipinski definition) is 1. The molecule has 2 aromatic carbocycles. The van der Waals surface area contributed by atoms with Crippen molar-refractivity contribution < 1.29 is 9.53 Å². The Hall–Kier alpha value is -3.43. The lowest BCUT2D eigenvalue weighted by molar-refractivity contribution is 0.0524. The molecule has 3 aromatic rings. The number of ether oxygens (including phenoxy) is 1. The highest BCUT2D eigenvalue weighted by Gasteiger charge is 2.17. The number of aromatic nitrogens is 2. The zero-order chi connectivity index (χ0) is 21.3. The third-order valence-electron chi connectivity index (χ3n) is 4.85. The van der Waals surface area contributed by atoms with Crippen LogP contribution in [0.3, 0.4) is 0 Å². The van der Waals surface area contributed by atoms with Crippen LogP contribution in [0.1, 0.15) is 47.4 Å². The Labute approximate surface area is 177 Å². The van der Waals surface area contributed by atoms with Gasteiger partial charge in [-0.3, -0.25) is 10.00 Å². The molecule has 6 heteroatoms. The molecular weight excluding hydrogens is 376 g/mol. The van der Waals surface area contributed by atoms with Gasteiger partial charge in [0, 0.05) is 13.1 Å². The summed E-state index contributed by atoms with van der Waals surface area (Å²) in [5.41, 5.74) is 5.05. The predicted molar refractivity (Wildman–Crippen MR) is 116 cm³/mol. The highest BCUT2D eigenvalue weighted by Crippen LogP contribution is 2.24. The lowest BCUT2D eigenvalue weighted by atomic mass is 9.99. The fraction of sp³-hybridized carbons (Fsp3) is 0.292. The van der Waals surface area contributed by atoms with E-state index in [0.717, 1.165) is 36.3 Å². The minimum Gasteiger partial charge on any atom is -0.462 e. The smallest absolute Gasteiger partial charge is 0.341 e. The van der Waals surface area contributed by atoms with Crippen LogP contribution in [0.5, 0.6) is 0 Å². The quantitative estimate of drug-likeness (QED) is 0.532. The van der Waals surface area contributed by atoms with Crippen molar-refractivity contribution in [2.75, 3.05) is 13.2 Å². The fourth-order valence-electron chi connectivity index (χ4n) is 3.45. The van der Waals surface area contributed by atoms with Crippen molar-refractivity contribution in [3.8, 4) is 17.2 Å². The van der Waals surface area contributed by atoms with Crippen molar-refractivity contribution in [3.05, 3.63) is 77.1 Å². The molecule has 3 rings (SSSR count). The third kappa shape index (κ3) is 5.13. The number of hydrogen-bond acceptors (Lipinski definition) is 5. The topological polar surface area (TPSA) is 82.0 Å². The maximum Gasteiger partial charge on any atom is 0.341 e.